The molecule has 0 aromatic heterocycles. The van der Waals surface area contributed by atoms with E-state index < -0.39 is 11.6 Å². The zero-order chi connectivity index (χ0) is 17.7. The van der Waals surface area contributed by atoms with Crippen LogP contribution >= 0.6 is 0 Å². The molecule has 132 valence electrons. The Balaban J connectivity index is 1.88. The van der Waals surface area contributed by atoms with Gasteiger partial charge in [-0.05, 0) is 38.0 Å². The lowest BCUT2D eigenvalue weighted by atomic mass is 10.0. The molecule has 1 fully saturated rings. The van der Waals surface area contributed by atoms with Crippen molar-refractivity contribution in [3.05, 3.63) is 35.4 Å². The molecular formula is C17H22F2N2O3. The number of carbonyl (C=O) groups excluding carboxylic acids is 2. The molecule has 1 saturated heterocycles. The lowest BCUT2D eigenvalue weighted by Gasteiger charge is -2.36. The Morgan fingerprint density at radius 1 is 1.29 bits per heavy atom. The maximum Gasteiger partial charge on any atom is 0.409 e. The third-order valence-electron chi connectivity index (χ3n) is 4.27. The minimum atomic E-state index is -0.582. The summed E-state index contributed by atoms with van der Waals surface area (Å²) in [5.41, 5.74) is 0.0609. The summed E-state index contributed by atoms with van der Waals surface area (Å²) in [6, 6.07) is 3.12. The Hall–Kier alpha value is -2.18. The monoisotopic (exact) mass is 340 g/mol. The van der Waals surface area contributed by atoms with Gasteiger partial charge in [-0.3, -0.25) is 4.79 Å². The smallest absolute Gasteiger partial charge is 0.409 e. The zero-order valence-corrected chi connectivity index (χ0v) is 13.9. The third-order valence-corrected chi connectivity index (χ3v) is 4.27. The van der Waals surface area contributed by atoms with Crippen LogP contribution in [0.4, 0.5) is 13.6 Å². The summed E-state index contributed by atoms with van der Waals surface area (Å²) in [6.45, 7) is 3.02. The number of amides is 2. The van der Waals surface area contributed by atoms with Gasteiger partial charge in [0.2, 0.25) is 5.91 Å². The number of halogens is 2. The van der Waals surface area contributed by atoms with Crippen LogP contribution < -0.4 is 0 Å². The van der Waals surface area contributed by atoms with Gasteiger partial charge >= 0.3 is 6.09 Å². The van der Waals surface area contributed by atoms with Gasteiger partial charge in [-0.25, -0.2) is 13.6 Å². The SMILES string of the molecule is CCOC(=O)N(C)C1CCN(C(=O)Cc2cc(F)ccc2F)CC1. The first-order valence-electron chi connectivity index (χ1n) is 8.03. The summed E-state index contributed by atoms with van der Waals surface area (Å²) >= 11 is 0. The van der Waals surface area contributed by atoms with Crippen molar-refractivity contribution in [2.24, 2.45) is 0 Å². The molecule has 0 N–H and O–H groups in total. The maximum atomic E-state index is 13.6. The van der Waals surface area contributed by atoms with E-state index in [2.05, 4.69) is 0 Å². The van der Waals surface area contributed by atoms with E-state index >= 15 is 0 Å². The molecule has 0 bridgehead atoms. The molecule has 0 radical (unpaired) electrons. The van der Waals surface area contributed by atoms with Crippen LogP contribution in [-0.4, -0.2) is 54.6 Å². The van der Waals surface area contributed by atoms with Crippen molar-refractivity contribution >= 4 is 12.0 Å². The molecular weight excluding hydrogens is 318 g/mol. The molecule has 0 aliphatic carbocycles. The van der Waals surface area contributed by atoms with E-state index in [4.69, 9.17) is 4.74 Å². The van der Waals surface area contributed by atoms with E-state index in [9.17, 15) is 18.4 Å². The number of hydrogen-bond donors (Lipinski definition) is 0. The number of likely N-dealkylation sites (tertiary alicyclic amines) is 1. The van der Waals surface area contributed by atoms with Crippen molar-refractivity contribution in [3.8, 4) is 0 Å². The zero-order valence-electron chi connectivity index (χ0n) is 13.9. The Morgan fingerprint density at radius 2 is 1.96 bits per heavy atom. The van der Waals surface area contributed by atoms with Gasteiger partial charge in [0.1, 0.15) is 11.6 Å². The van der Waals surface area contributed by atoms with E-state index in [0.717, 1.165) is 18.2 Å². The lowest BCUT2D eigenvalue weighted by molar-refractivity contribution is -0.131. The second-order valence-corrected chi connectivity index (χ2v) is 5.83. The highest BCUT2D eigenvalue weighted by atomic mass is 19.1. The maximum absolute atomic E-state index is 13.6. The van der Waals surface area contributed by atoms with Crippen LogP contribution in [0.5, 0.6) is 0 Å². The largest absolute Gasteiger partial charge is 0.450 e. The molecule has 1 heterocycles. The fourth-order valence-corrected chi connectivity index (χ4v) is 2.83. The van der Waals surface area contributed by atoms with Crippen LogP contribution in [0.15, 0.2) is 18.2 Å². The fourth-order valence-electron chi connectivity index (χ4n) is 2.83. The van der Waals surface area contributed by atoms with E-state index in [-0.39, 0.29) is 30.0 Å². The normalized spacial score (nSPS) is 15.2. The highest BCUT2D eigenvalue weighted by Crippen LogP contribution is 2.18. The van der Waals surface area contributed by atoms with Crippen LogP contribution in [-0.2, 0) is 16.0 Å². The predicted molar refractivity (Wildman–Crippen MR) is 84.4 cm³/mol. The summed E-state index contributed by atoms with van der Waals surface area (Å²) in [5, 5.41) is 0. The number of hydrogen-bond acceptors (Lipinski definition) is 3. The lowest BCUT2D eigenvalue weighted by Crippen LogP contribution is -2.47. The van der Waals surface area contributed by atoms with Crippen molar-refractivity contribution < 1.29 is 23.1 Å². The van der Waals surface area contributed by atoms with E-state index in [1.54, 1.807) is 23.8 Å². The van der Waals surface area contributed by atoms with Gasteiger partial charge in [-0.1, -0.05) is 0 Å². The third kappa shape index (κ3) is 4.43. The minimum Gasteiger partial charge on any atom is -0.450 e. The number of benzene rings is 1. The van der Waals surface area contributed by atoms with Crippen molar-refractivity contribution in [2.45, 2.75) is 32.2 Å². The van der Waals surface area contributed by atoms with Crippen molar-refractivity contribution in [1.82, 2.24) is 9.80 Å². The van der Waals surface area contributed by atoms with Gasteiger partial charge in [0.05, 0.1) is 13.0 Å². The summed E-state index contributed by atoms with van der Waals surface area (Å²) in [5.74, 6) is -1.38. The van der Waals surface area contributed by atoms with E-state index in [0.29, 0.717) is 32.5 Å². The number of nitrogens with zero attached hydrogens (tertiary/aromatic N) is 2. The Morgan fingerprint density at radius 3 is 2.58 bits per heavy atom. The standard InChI is InChI=1S/C17H22F2N2O3/c1-3-24-17(23)20(2)14-6-8-21(9-7-14)16(22)11-12-10-13(18)4-5-15(12)19/h4-5,10,14H,3,6-9,11H2,1-2H3. The summed E-state index contributed by atoms with van der Waals surface area (Å²) in [6.07, 6.45) is 0.727. The first-order chi connectivity index (χ1) is 11.4. The van der Waals surface area contributed by atoms with E-state index in [1.165, 1.54) is 0 Å². The minimum absolute atomic E-state index is 0.0130. The van der Waals surface area contributed by atoms with Crippen molar-refractivity contribution in [3.63, 3.8) is 0 Å². The summed E-state index contributed by atoms with van der Waals surface area (Å²) < 4.78 is 31.8. The van der Waals surface area contributed by atoms with Gasteiger partial charge < -0.3 is 14.5 Å². The first-order valence-corrected chi connectivity index (χ1v) is 8.03. The molecule has 7 heteroatoms. The van der Waals surface area contributed by atoms with Crippen LogP contribution in [0.3, 0.4) is 0 Å². The van der Waals surface area contributed by atoms with Crippen LogP contribution in [0.25, 0.3) is 0 Å². The summed E-state index contributed by atoms with van der Waals surface area (Å²) in [4.78, 5) is 27.2. The first kappa shape index (κ1) is 18.2. The molecule has 0 spiro atoms. The van der Waals surface area contributed by atoms with Crippen LogP contribution in [0.1, 0.15) is 25.3 Å². The van der Waals surface area contributed by atoms with E-state index in [1.807, 2.05) is 0 Å². The average Bonchev–Trinajstić information content (AvgIpc) is 2.57. The quantitative estimate of drug-likeness (QED) is 0.846. The molecule has 2 amide bonds. The second-order valence-electron chi connectivity index (χ2n) is 5.83. The van der Waals surface area contributed by atoms with Gasteiger partial charge in [0, 0.05) is 31.7 Å². The summed E-state index contributed by atoms with van der Waals surface area (Å²) in [7, 11) is 1.68. The number of carbonyl (C=O) groups is 2. The fraction of sp³-hybridized carbons (Fsp3) is 0.529. The molecule has 0 unspecified atom stereocenters. The molecule has 1 aromatic carbocycles. The number of piperidine rings is 1. The Kier molecular flexibility index (Phi) is 6.11. The highest BCUT2D eigenvalue weighted by Gasteiger charge is 2.28. The van der Waals surface area contributed by atoms with Gasteiger partial charge in [-0.2, -0.15) is 0 Å². The van der Waals surface area contributed by atoms with Crippen LogP contribution in [0, 0.1) is 11.6 Å². The second kappa shape index (κ2) is 8.08. The topological polar surface area (TPSA) is 49.9 Å². The average molecular weight is 340 g/mol. The number of rotatable bonds is 4. The molecule has 1 aliphatic heterocycles. The molecule has 1 aromatic rings. The van der Waals surface area contributed by atoms with Gasteiger partial charge in [0.25, 0.3) is 0 Å². The molecule has 2 rings (SSSR count). The Bertz CT molecular complexity index is 601. The van der Waals surface area contributed by atoms with Crippen molar-refractivity contribution in [2.75, 3.05) is 26.7 Å². The molecule has 24 heavy (non-hydrogen) atoms. The predicted octanol–water partition coefficient (Wildman–Crippen LogP) is 2.59. The highest BCUT2D eigenvalue weighted by molar-refractivity contribution is 5.79. The van der Waals surface area contributed by atoms with Crippen molar-refractivity contribution in [1.29, 1.82) is 0 Å². The molecule has 0 saturated carbocycles. The van der Waals surface area contributed by atoms with Gasteiger partial charge in [-0.15, -0.1) is 0 Å². The van der Waals surface area contributed by atoms with Gasteiger partial charge in [0.15, 0.2) is 0 Å². The molecule has 0 atom stereocenters. The Labute approximate surface area is 140 Å². The molecule has 5 nitrogen and oxygen atoms in total. The number of ether oxygens (including phenoxy) is 1. The molecule has 1 aliphatic rings. The van der Waals surface area contributed by atoms with Crippen LogP contribution in [0.2, 0.25) is 0 Å².